The van der Waals surface area contributed by atoms with Gasteiger partial charge in [-0.3, -0.25) is 0 Å². The lowest BCUT2D eigenvalue weighted by atomic mass is 9.92. The van der Waals surface area contributed by atoms with E-state index in [1.165, 1.54) is 19.3 Å². The van der Waals surface area contributed by atoms with E-state index in [9.17, 15) is 0 Å². The Morgan fingerprint density at radius 2 is 2.00 bits per heavy atom. The molecule has 0 N–H and O–H groups in total. The zero-order valence-corrected chi connectivity index (χ0v) is 10.5. The van der Waals surface area contributed by atoms with E-state index in [1.807, 2.05) is 0 Å². The molecular formula is C14H26. The maximum atomic E-state index is 2.46. The van der Waals surface area contributed by atoms with Gasteiger partial charge in [-0.1, -0.05) is 53.2 Å². The molecule has 1 saturated carbocycles. The Kier molecular flexibility index (Phi) is 3.80. The Bertz CT molecular complexity index is 202. The molecule has 14 heavy (non-hydrogen) atoms. The van der Waals surface area contributed by atoms with Crippen molar-refractivity contribution in [2.24, 2.45) is 23.2 Å². The summed E-state index contributed by atoms with van der Waals surface area (Å²) in [5.41, 5.74) is 0.617. The van der Waals surface area contributed by atoms with E-state index in [1.54, 1.807) is 0 Å². The van der Waals surface area contributed by atoms with Crippen molar-refractivity contribution < 1.29 is 0 Å². The monoisotopic (exact) mass is 194 g/mol. The molecule has 1 fully saturated rings. The predicted molar refractivity (Wildman–Crippen MR) is 64.3 cm³/mol. The van der Waals surface area contributed by atoms with E-state index >= 15 is 0 Å². The van der Waals surface area contributed by atoms with Crippen LogP contribution in [0, 0.1) is 23.2 Å². The van der Waals surface area contributed by atoms with Gasteiger partial charge in [-0.2, -0.15) is 0 Å². The van der Waals surface area contributed by atoms with Gasteiger partial charge in [-0.25, -0.2) is 0 Å². The Labute approximate surface area is 89.8 Å². The van der Waals surface area contributed by atoms with Crippen LogP contribution >= 0.6 is 0 Å². The van der Waals surface area contributed by atoms with E-state index < -0.39 is 0 Å². The topological polar surface area (TPSA) is 0 Å². The molecule has 0 aromatic heterocycles. The summed E-state index contributed by atoms with van der Waals surface area (Å²) in [6.45, 7) is 11.7. The smallest absolute Gasteiger partial charge is 0.0171 e. The highest BCUT2D eigenvalue weighted by Crippen LogP contribution is 2.58. The van der Waals surface area contributed by atoms with Crippen LogP contribution < -0.4 is 0 Å². The van der Waals surface area contributed by atoms with Gasteiger partial charge in [0.15, 0.2) is 0 Å². The molecule has 0 radical (unpaired) electrons. The first-order chi connectivity index (χ1) is 6.50. The van der Waals surface area contributed by atoms with E-state index in [0.29, 0.717) is 5.41 Å². The molecule has 1 rings (SSSR count). The van der Waals surface area contributed by atoms with E-state index in [4.69, 9.17) is 0 Å². The molecule has 1 aliphatic rings. The van der Waals surface area contributed by atoms with Gasteiger partial charge < -0.3 is 0 Å². The summed E-state index contributed by atoms with van der Waals surface area (Å²) >= 11 is 0. The quantitative estimate of drug-likeness (QED) is 0.558. The second-order valence-corrected chi connectivity index (χ2v) is 5.65. The van der Waals surface area contributed by atoms with Crippen LogP contribution in [0.4, 0.5) is 0 Å². The summed E-state index contributed by atoms with van der Waals surface area (Å²) in [6, 6.07) is 0. The van der Waals surface area contributed by atoms with Crippen LogP contribution in [0.25, 0.3) is 0 Å². The van der Waals surface area contributed by atoms with Gasteiger partial charge in [-0.15, -0.1) is 0 Å². The van der Waals surface area contributed by atoms with Gasteiger partial charge in [0, 0.05) is 0 Å². The molecule has 0 aromatic rings. The molecule has 0 aromatic carbocycles. The zero-order chi connectivity index (χ0) is 10.8. The van der Waals surface area contributed by atoms with Gasteiger partial charge in [0.2, 0.25) is 0 Å². The van der Waals surface area contributed by atoms with Crippen LogP contribution in [0.15, 0.2) is 12.2 Å². The molecule has 3 atom stereocenters. The number of hydrogen-bond donors (Lipinski definition) is 0. The van der Waals surface area contributed by atoms with Crippen molar-refractivity contribution in [2.45, 2.75) is 53.9 Å². The summed E-state index contributed by atoms with van der Waals surface area (Å²) in [7, 11) is 0. The minimum Gasteiger partial charge on any atom is -0.0880 e. The minimum atomic E-state index is 0.617. The van der Waals surface area contributed by atoms with Gasteiger partial charge >= 0.3 is 0 Å². The fraction of sp³-hybridized carbons (Fsp3) is 0.857. The van der Waals surface area contributed by atoms with Crippen LogP contribution in [-0.2, 0) is 0 Å². The van der Waals surface area contributed by atoms with Gasteiger partial charge in [0.1, 0.15) is 0 Å². The SMILES string of the molecule is CCC(C)CC=CC1CC1(C)C(C)C. The van der Waals surface area contributed by atoms with Gasteiger partial charge in [-0.05, 0) is 36.0 Å². The number of rotatable bonds is 5. The van der Waals surface area contributed by atoms with Crippen LogP contribution in [-0.4, -0.2) is 0 Å². The lowest BCUT2D eigenvalue weighted by Crippen LogP contribution is -2.06. The molecule has 0 heteroatoms. The second-order valence-electron chi connectivity index (χ2n) is 5.65. The number of hydrogen-bond acceptors (Lipinski definition) is 0. The molecule has 0 nitrogen and oxygen atoms in total. The summed E-state index contributed by atoms with van der Waals surface area (Å²) in [6.07, 6.45) is 8.85. The fourth-order valence-electron chi connectivity index (χ4n) is 2.01. The van der Waals surface area contributed by atoms with Crippen molar-refractivity contribution in [2.75, 3.05) is 0 Å². The zero-order valence-electron chi connectivity index (χ0n) is 10.5. The minimum absolute atomic E-state index is 0.617. The molecule has 0 aliphatic heterocycles. The molecule has 82 valence electrons. The predicted octanol–water partition coefficient (Wildman–Crippen LogP) is 4.66. The van der Waals surface area contributed by atoms with Crippen LogP contribution in [0.2, 0.25) is 0 Å². The fourth-order valence-corrected chi connectivity index (χ4v) is 2.01. The van der Waals surface area contributed by atoms with Crippen molar-refractivity contribution >= 4 is 0 Å². The van der Waals surface area contributed by atoms with Gasteiger partial charge in [0.05, 0.1) is 0 Å². The molecule has 0 bridgehead atoms. The second kappa shape index (κ2) is 4.51. The maximum Gasteiger partial charge on any atom is -0.0171 e. The third-order valence-corrected chi connectivity index (χ3v) is 4.27. The van der Waals surface area contributed by atoms with E-state index in [2.05, 4.69) is 46.8 Å². The molecule has 0 spiro atoms. The maximum absolute atomic E-state index is 2.46. The first kappa shape index (κ1) is 11.8. The average molecular weight is 194 g/mol. The first-order valence-corrected chi connectivity index (χ1v) is 6.17. The highest BCUT2D eigenvalue weighted by Gasteiger charge is 2.49. The standard InChI is InChI=1S/C14H26/c1-6-12(4)8-7-9-13-10-14(13,5)11(2)3/h7,9,11-13H,6,8,10H2,1-5H3. The third-order valence-electron chi connectivity index (χ3n) is 4.27. The third kappa shape index (κ3) is 2.62. The summed E-state index contributed by atoms with van der Waals surface area (Å²) in [5, 5.41) is 0. The van der Waals surface area contributed by atoms with Gasteiger partial charge in [0.25, 0.3) is 0 Å². The molecule has 0 saturated heterocycles. The molecular weight excluding hydrogens is 168 g/mol. The Balaban J connectivity index is 2.28. The normalized spacial score (nSPS) is 34.0. The number of allylic oxidation sites excluding steroid dienone is 2. The van der Waals surface area contributed by atoms with E-state index in [-0.39, 0.29) is 0 Å². The summed E-state index contributed by atoms with van der Waals surface area (Å²) < 4.78 is 0. The highest BCUT2D eigenvalue weighted by atomic mass is 14.5. The lowest BCUT2D eigenvalue weighted by Gasteiger charge is -2.13. The summed E-state index contributed by atoms with van der Waals surface area (Å²) in [5.74, 6) is 2.56. The van der Waals surface area contributed by atoms with Crippen LogP contribution in [0.3, 0.4) is 0 Å². The molecule has 0 amide bonds. The Morgan fingerprint density at radius 1 is 1.36 bits per heavy atom. The molecule has 1 aliphatic carbocycles. The largest absolute Gasteiger partial charge is 0.0880 e. The first-order valence-electron chi connectivity index (χ1n) is 6.17. The van der Waals surface area contributed by atoms with Crippen molar-refractivity contribution in [1.29, 1.82) is 0 Å². The molecule has 3 unspecified atom stereocenters. The molecule has 0 heterocycles. The van der Waals surface area contributed by atoms with Crippen molar-refractivity contribution in [1.82, 2.24) is 0 Å². The van der Waals surface area contributed by atoms with Crippen LogP contribution in [0.1, 0.15) is 53.9 Å². The van der Waals surface area contributed by atoms with Crippen molar-refractivity contribution in [3.8, 4) is 0 Å². The van der Waals surface area contributed by atoms with Crippen LogP contribution in [0.5, 0.6) is 0 Å². The average Bonchev–Trinajstić information content (AvgIpc) is 2.79. The van der Waals surface area contributed by atoms with Crippen molar-refractivity contribution in [3.63, 3.8) is 0 Å². The highest BCUT2D eigenvalue weighted by molar-refractivity contribution is 5.11. The Morgan fingerprint density at radius 3 is 2.43 bits per heavy atom. The Hall–Kier alpha value is -0.260. The van der Waals surface area contributed by atoms with E-state index in [0.717, 1.165) is 17.8 Å². The van der Waals surface area contributed by atoms with Crippen molar-refractivity contribution in [3.05, 3.63) is 12.2 Å². The lowest BCUT2D eigenvalue weighted by molar-refractivity contribution is 0.375. The summed E-state index contributed by atoms with van der Waals surface area (Å²) in [4.78, 5) is 0.